The molecular weight excluding hydrogens is 300 g/mol. The molecule has 0 aliphatic carbocycles. The van der Waals surface area contributed by atoms with Crippen molar-refractivity contribution in [3.8, 4) is 0 Å². The number of anilines is 1. The minimum atomic E-state index is -0.882. The van der Waals surface area contributed by atoms with Gasteiger partial charge in [-0.3, -0.25) is 10.1 Å². The second kappa shape index (κ2) is 6.89. The first-order chi connectivity index (χ1) is 9.21. The van der Waals surface area contributed by atoms with E-state index in [9.17, 15) is 9.59 Å². The molecule has 1 rings (SSSR count). The summed E-state index contributed by atoms with van der Waals surface area (Å²) in [6.45, 7) is 7.40. The van der Waals surface area contributed by atoms with Crippen LogP contribution in [0.3, 0.4) is 0 Å². The van der Waals surface area contributed by atoms with E-state index in [0.29, 0.717) is 15.9 Å². The zero-order chi connectivity index (χ0) is 15.3. The Morgan fingerprint density at radius 1 is 1.40 bits per heavy atom. The Balaban J connectivity index is 2.59. The van der Waals surface area contributed by atoms with Crippen LogP contribution in [0.5, 0.6) is 0 Å². The quantitative estimate of drug-likeness (QED) is 0.569. The summed E-state index contributed by atoms with van der Waals surface area (Å²) < 4.78 is 0.519. The largest absolute Gasteiger partial charge is 0.480 e. The van der Waals surface area contributed by atoms with Gasteiger partial charge in [-0.15, -0.1) is 10.2 Å². The monoisotopic (exact) mass is 318 g/mol. The highest BCUT2D eigenvalue weighted by molar-refractivity contribution is 8.02. The molecule has 0 saturated heterocycles. The fourth-order valence-electron chi connectivity index (χ4n) is 1.21. The molecule has 0 aliphatic rings. The Hall–Kier alpha value is -1.35. The maximum absolute atomic E-state index is 11.6. The fourth-order valence-corrected chi connectivity index (χ4v) is 3.06. The van der Waals surface area contributed by atoms with E-state index in [4.69, 9.17) is 5.11 Å². The zero-order valence-electron chi connectivity index (χ0n) is 11.8. The van der Waals surface area contributed by atoms with Gasteiger partial charge in [-0.05, 0) is 27.2 Å². The van der Waals surface area contributed by atoms with Crippen LogP contribution in [0.4, 0.5) is 9.93 Å². The van der Waals surface area contributed by atoms with Crippen molar-refractivity contribution in [3.63, 3.8) is 0 Å². The van der Waals surface area contributed by atoms with Crippen LogP contribution >= 0.6 is 23.1 Å². The van der Waals surface area contributed by atoms with Crippen molar-refractivity contribution in [1.29, 1.82) is 0 Å². The van der Waals surface area contributed by atoms with Gasteiger partial charge in [-0.25, -0.2) is 4.79 Å². The first-order valence-corrected chi connectivity index (χ1v) is 7.73. The van der Waals surface area contributed by atoms with E-state index in [0.717, 1.165) is 23.1 Å². The Bertz CT molecular complexity index is 484. The van der Waals surface area contributed by atoms with Crippen LogP contribution in [0.25, 0.3) is 0 Å². The summed E-state index contributed by atoms with van der Waals surface area (Å²) in [4.78, 5) is 22.6. The van der Waals surface area contributed by atoms with E-state index in [2.05, 4.69) is 20.8 Å². The summed E-state index contributed by atoms with van der Waals surface area (Å²) in [5.74, 6) is -0.882. The molecule has 1 aromatic rings. The summed E-state index contributed by atoms with van der Waals surface area (Å²) in [6.07, 6.45) is 0.493. The lowest BCUT2D eigenvalue weighted by Crippen LogP contribution is -2.43. The van der Waals surface area contributed by atoms with E-state index in [1.54, 1.807) is 6.92 Å². The summed E-state index contributed by atoms with van der Waals surface area (Å²) in [5, 5.41) is 21.7. The van der Waals surface area contributed by atoms with Crippen molar-refractivity contribution in [2.45, 2.75) is 49.2 Å². The number of urea groups is 1. The van der Waals surface area contributed by atoms with Gasteiger partial charge >= 0.3 is 12.0 Å². The molecule has 1 heterocycles. The predicted octanol–water partition coefficient (Wildman–Crippen LogP) is 2.41. The van der Waals surface area contributed by atoms with Crippen molar-refractivity contribution >= 4 is 40.2 Å². The molecule has 3 N–H and O–H groups in total. The van der Waals surface area contributed by atoms with Crippen molar-refractivity contribution in [3.05, 3.63) is 0 Å². The van der Waals surface area contributed by atoms with Crippen LogP contribution in [0.1, 0.15) is 34.1 Å². The van der Waals surface area contributed by atoms with Crippen LogP contribution in [0.15, 0.2) is 4.34 Å². The number of carbonyl (C=O) groups excluding carboxylic acids is 1. The standard InChI is InChI=1S/C11H18N4O3S2/c1-5-6(7(16)17)19-10-15-14-9(20-10)12-8(18)13-11(2,3)4/h6H,5H2,1-4H3,(H,16,17)(H2,12,13,14,18)/t6-/m0/s1. The number of hydrogen-bond donors (Lipinski definition) is 3. The molecule has 1 atom stereocenters. The lowest BCUT2D eigenvalue weighted by molar-refractivity contribution is -0.136. The molecule has 0 bridgehead atoms. The number of aliphatic carboxylic acids is 1. The lowest BCUT2D eigenvalue weighted by Gasteiger charge is -2.19. The molecule has 20 heavy (non-hydrogen) atoms. The van der Waals surface area contributed by atoms with Gasteiger partial charge in [0.15, 0.2) is 4.34 Å². The maximum Gasteiger partial charge on any atom is 0.321 e. The van der Waals surface area contributed by atoms with Gasteiger partial charge in [0.05, 0.1) is 0 Å². The maximum atomic E-state index is 11.6. The molecule has 0 aromatic carbocycles. The minimum absolute atomic E-state index is 0.342. The van der Waals surface area contributed by atoms with Gasteiger partial charge in [0, 0.05) is 5.54 Å². The van der Waals surface area contributed by atoms with Crippen LogP contribution < -0.4 is 10.6 Å². The second-order valence-corrected chi connectivity index (χ2v) is 7.48. The number of thioether (sulfide) groups is 1. The highest BCUT2D eigenvalue weighted by atomic mass is 32.2. The van der Waals surface area contributed by atoms with Gasteiger partial charge in [0.2, 0.25) is 5.13 Å². The Labute approximate surface area is 125 Å². The number of amides is 2. The van der Waals surface area contributed by atoms with E-state index in [1.807, 2.05) is 20.8 Å². The van der Waals surface area contributed by atoms with E-state index in [-0.39, 0.29) is 11.6 Å². The molecule has 9 heteroatoms. The summed E-state index contributed by atoms with van der Waals surface area (Å²) in [5.41, 5.74) is -0.344. The molecule has 0 saturated carbocycles. The lowest BCUT2D eigenvalue weighted by atomic mass is 10.1. The molecule has 7 nitrogen and oxygen atoms in total. The van der Waals surface area contributed by atoms with Crippen molar-refractivity contribution in [1.82, 2.24) is 15.5 Å². The topological polar surface area (TPSA) is 104 Å². The fraction of sp³-hybridized carbons (Fsp3) is 0.636. The normalized spacial score (nSPS) is 12.8. The highest BCUT2D eigenvalue weighted by Gasteiger charge is 2.20. The van der Waals surface area contributed by atoms with Gasteiger partial charge in [0.25, 0.3) is 0 Å². The third-order valence-corrected chi connectivity index (χ3v) is 4.28. The first-order valence-electron chi connectivity index (χ1n) is 6.03. The molecule has 0 spiro atoms. The number of carbonyl (C=O) groups is 2. The number of nitrogens with one attached hydrogen (secondary N) is 2. The SMILES string of the molecule is CC[C@H](Sc1nnc(NC(=O)NC(C)(C)C)s1)C(=O)O. The van der Waals surface area contributed by atoms with Crippen LogP contribution in [0, 0.1) is 0 Å². The number of carboxylic acids is 1. The number of rotatable bonds is 5. The molecule has 0 aliphatic heterocycles. The summed E-state index contributed by atoms with van der Waals surface area (Å²) in [6, 6.07) is -0.365. The van der Waals surface area contributed by atoms with Gasteiger partial charge in [0.1, 0.15) is 5.25 Å². The average molecular weight is 318 g/mol. The number of carboxylic acid groups (broad SMARTS) is 1. The van der Waals surface area contributed by atoms with Gasteiger partial charge in [-0.2, -0.15) is 0 Å². The van der Waals surface area contributed by atoms with E-state index < -0.39 is 11.2 Å². The van der Waals surface area contributed by atoms with Gasteiger partial charge in [-0.1, -0.05) is 30.0 Å². The molecule has 0 unspecified atom stereocenters. The van der Waals surface area contributed by atoms with Crippen molar-refractivity contribution < 1.29 is 14.7 Å². The van der Waals surface area contributed by atoms with Crippen LogP contribution in [0.2, 0.25) is 0 Å². The third kappa shape index (κ3) is 5.74. The van der Waals surface area contributed by atoms with Gasteiger partial charge < -0.3 is 10.4 Å². The number of aromatic nitrogens is 2. The Kier molecular flexibility index (Phi) is 5.75. The number of hydrogen-bond acceptors (Lipinski definition) is 6. The summed E-state index contributed by atoms with van der Waals surface area (Å²) >= 11 is 2.29. The predicted molar refractivity (Wildman–Crippen MR) is 79.4 cm³/mol. The molecule has 112 valence electrons. The molecule has 1 aromatic heterocycles. The highest BCUT2D eigenvalue weighted by Crippen LogP contribution is 2.30. The van der Waals surface area contributed by atoms with Crippen molar-refractivity contribution in [2.24, 2.45) is 0 Å². The van der Waals surface area contributed by atoms with E-state index in [1.165, 1.54) is 0 Å². The second-order valence-electron chi connectivity index (χ2n) is 5.06. The average Bonchev–Trinajstić information content (AvgIpc) is 2.70. The van der Waals surface area contributed by atoms with Crippen molar-refractivity contribution in [2.75, 3.05) is 5.32 Å². The van der Waals surface area contributed by atoms with E-state index >= 15 is 0 Å². The molecule has 2 amide bonds. The minimum Gasteiger partial charge on any atom is -0.480 e. The van der Waals surface area contributed by atoms with Crippen LogP contribution in [-0.4, -0.2) is 38.1 Å². The first kappa shape index (κ1) is 16.7. The smallest absolute Gasteiger partial charge is 0.321 e. The molecule has 0 fully saturated rings. The number of nitrogens with zero attached hydrogens (tertiary/aromatic N) is 2. The Morgan fingerprint density at radius 3 is 2.55 bits per heavy atom. The van der Waals surface area contributed by atoms with Crippen LogP contribution in [-0.2, 0) is 4.79 Å². The molecular formula is C11H18N4O3S2. The third-order valence-electron chi connectivity index (χ3n) is 2.00. The molecule has 0 radical (unpaired) electrons. The Morgan fingerprint density at radius 2 is 2.05 bits per heavy atom. The zero-order valence-corrected chi connectivity index (χ0v) is 13.4. The summed E-state index contributed by atoms with van der Waals surface area (Å²) in [7, 11) is 0.